The smallest absolute Gasteiger partial charge is 0.256 e. The Morgan fingerprint density at radius 1 is 1.40 bits per heavy atom. The molecule has 20 heavy (non-hydrogen) atoms. The van der Waals surface area contributed by atoms with Crippen molar-refractivity contribution in [2.75, 3.05) is 5.75 Å². The molecule has 0 heterocycles. The highest BCUT2D eigenvalue weighted by molar-refractivity contribution is 8.00. The molecule has 0 spiro atoms. The van der Waals surface area contributed by atoms with E-state index in [4.69, 9.17) is 34.8 Å². The molecule has 0 aliphatic carbocycles. The minimum absolute atomic E-state index is 0.105. The summed E-state index contributed by atoms with van der Waals surface area (Å²) in [4.78, 5) is 12.1. The van der Waals surface area contributed by atoms with Crippen molar-refractivity contribution in [1.82, 2.24) is 5.32 Å². The SMILES string of the molecule is CCCCSC(NC(=O)c1ccccc1O)C(Cl)(Cl)Cl. The second-order valence-electron chi connectivity index (χ2n) is 4.14. The molecule has 1 unspecified atom stereocenters. The number of para-hydroxylation sites is 1. The van der Waals surface area contributed by atoms with Gasteiger partial charge in [0.05, 0.1) is 5.56 Å². The summed E-state index contributed by atoms with van der Waals surface area (Å²) in [6.45, 7) is 2.06. The van der Waals surface area contributed by atoms with E-state index in [1.54, 1.807) is 12.1 Å². The van der Waals surface area contributed by atoms with Crippen LogP contribution in [0.25, 0.3) is 0 Å². The quantitative estimate of drug-likeness (QED) is 0.452. The van der Waals surface area contributed by atoms with Crippen molar-refractivity contribution in [3.05, 3.63) is 29.8 Å². The van der Waals surface area contributed by atoms with Gasteiger partial charge in [0.1, 0.15) is 11.1 Å². The van der Waals surface area contributed by atoms with Gasteiger partial charge >= 0.3 is 0 Å². The van der Waals surface area contributed by atoms with Crippen LogP contribution in [0.3, 0.4) is 0 Å². The summed E-state index contributed by atoms with van der Waals surface area (Å²) >= 11 is 19.0. The molecule has 1 amide bonds. The number of hydrogen-bond acceptors (Lipinski definition) is 3. The molecule has 2 N–H and O–H groups in total. The fourth-order valence-electron chi connectivity index (χ4n) is 1.43. The number of halogens is 3. The highest BCUT2D eigenvalue weighted by Gasteiger charge is 2.34. The number of carbonyl (C=O) groups is 1. The molecule has 1 aromatic rings. The zero-order valence-corrected chi connectivity index (χ0v) is 14.0. The van der Waals surface area contributed by atoms with Gasteiger partial charge in [-0.1, -0.05) is 60.3 Å². The Bertz CT molecular complexity index is 451. The number of phenols is 1. The lowest BCUT2D eigenvalue weighted by Gasteiger charge is -2.25. The summed E-state index contributed by atoms with van der Waals surface area (Å²) in [6.07, 6.45) is 1.99. The maximum atomic E-state index is 12.1. The fourth-order valence-corrected chi connectivity index (χ4v) is 3.23. The first kappa shape index (κ1) is 17.8. The van der Waals surface area contributed by atoms with Crippen LogP contribution in [0.15, 0.2) is 24.3 Å². The Morgan fingerprint density at radius 3 is 2.60 bits per heavy atom. The summed E-state index contributed by atoms with van der Waals surface area (Å²) in [7, 11) is 0. The summed E-state index contributed by atoms with van der Waals surface area (Å²) in [5.41, 5.74) is 0.155. The minimum atomic E-state index is -1.61. The third-order valence-corrected chi connectivity index (χ3v) is 4.86. The highest BCUT2D eigenvalue weighted by Crippen LogP contribution is 2.36. The number of thioether (sulfide) groups is 1. The molecule has 0 radical (unpaired) electrons. The predicted molar refractivity (Wildman–Crippen MR) is 87.0 cm³/mol. The zero-order valence-electron chi connectivity index (χ0n) is 10.9. The summed E-state index contributed by atoms with van der Waals surface area (Å²) in [6, 6.07) is 6.23. The van der Waals surface area contributed by atoms with Gasteiger partial charge in [0.25, 0.3) is 5.91 Å². The first-order chi connectivity index (χ1) is 9.36. The number of nitrogens with one attached hydrogen (secondary N) is 1. The summed E-state index contributed by atoms with van der Waals surface area (Å²) in [5.74, 6) is 0.200. The molecular formula is C13H16Cl3NO2S. The predicted octanol–water partition coefficient (Wildman–Crippen LogP) is 4.35. The first-order valence-electron chi connectivity index (χ1n) is 6.13. The van der Waals surface area contributed by atoms with Crippen LogP contribution in [0, 0.1) is 0 Å². The topological polar surface area (TPSA) is 49.3 Å². The third-order valence-electron chi connectivity index (χ3n) is 2.49. The Labute approximate surface area is 138 Å². The van der Waals surface area contributed by atoms with E-state index in [-0.39, 0.29) is 11.3 Å². The Balaban J connectivity index is 2.74. The van der Waals surface area contributed by atoms with E-state index < -0.39 is 15.1 Å². The normalized spacial score (nSPS) is 13.0. The van der Waals surface area contributed by atoms with Crippen LogP contribution >= 0.6 is 46.6 Å². The lowest BCUT2D eigenvalue weighted by Crippen LogP contribution is -2.41. The molecular weight excluding hydrogens is 341 g/mol. The van der Waals surface area contributed by atoms with Gasteiger partial charge in [-0.3, -0.25) is 4.79 Å². The van der Waals surface area contributed by atoms with Crippen molar-refractivity contribution >= 4 is 52.5 Å². The van der Waals surface area contributed by atoms with Crippen LogP contribution in [0.4, 0.5) is 0 Å². The number of unbranched alkanes of at least 4 members (excludes halogenated alkanes) is 1. The summed E-state index contributed by atoms with van der Waals surface area (Å²) < 4.78 is -1.61. The van der Waals surface area contributed by atoms with Gasteiger partial charge in [-0.05, 0) is 24.3 Å². The molecule has 1 aromatic carbocycles. The van der Waals surface area contributed by atoms with Crippen LogP contribution in [-0.2, 0) is 0 Å². The standard InChI is InChI=1S/C13H16Cl3NO2S/c1-2-3-8-20-12(13(14,15)16)17-11(19)9-6-4-5-7-10(9)18/h4-7,12,18H,2-3,8H2,1H3,(H,17,19). The number of alkyl halides is 3. The number of benzene rings is 1. The van der Waals surface area contributed by atoms with Crippen LogP contribution in [-0.4, -0.2) is 25.9 Å². The molecule has 0 aliphatic heterocycles. The number of aromatic hydroxyl groups is 1. The maximum absolute atomic E-state index is 12.1. The van der Waals surface area contributed by atoms with Gasteiger partial charge in [0, 0.05) is 0 Å². The molecule has 0 aliphatic rings. The molecule has 7 heteroatoms. The number of hydrogen-bond donors (Lipinski definition) is 2. The second-order valence-corrected chi connectivity index (χ2v) is 7.72. The number of phenolic OH excluding ortho intramolecular Hbond substituents is 1. The number of amides is 1. The van der Waals surface area contributed by atoms with Gasteiger partial charge in [-0.2, -0.15) is 0 Å². The van der Waals surface area contributed by atoms with Crippen LogP contribution in [0.2, 0.25) is 0 Å². The van der Waals surface area contributed by atoms with Gasteiger partial charge in [0.2, 0.25) is 3.79 Å². The van der Waals surface area contributed by atoms with Crippen molar-refractivity contribution in [3.8, 4) is 5.75 Å². The average Bonchev–Trinajstić information content (AvgIpc) is 2.37. The zero-order chi connectivity index (χ0) is 15.2. The van der Waals surface area contributed by atoms with E-state index in [1.807, 2.05) is 0 Å². The Hall–Kier alpha value is -0.290. The van der Waals surface area contributed by atoms with Gasteiger partial charge in [0.15, 0.2) is 0 Å². The van der Waals surface area contributed by atoms with Crippen molar-refractivity contribution in [2.45, 2.75) is 28.9 Å². The molecule has 0 fully saturated rings. The fraction of sp³-hybridized carbons (Fsp3) is 0.462. The molecule has 0 aromatic heterocycles. The van der Waals surface area contributed by atoms with Crippen molar-refractivity contribution in [3.63, 3.8) is 0 Å². The minimum Gasteiger partial charge on any atom is -0.507 e. The van der Waals surface area contributed by atoms with Crippen molar-refractivity contribution < 1.29 is 9.90 Å². The lowest BCUT2D eigenvalue weighted by molar-refractivity contribution is 0.0947. The van der Waals surface area contributed by atoms with E-state index in [0.29, 0.717) is 0 Å². The van der Waals surface area contributed by atoms with Crippen molar-refractivity contribution in [1.29, 1.82) is 0 Å². The van der Waals surface area contributed by atoms with E-state index in [1.165, 1.54) is 23.9 Å². The molecule has 1 atom stereocenters. The molecule has 3 nitrogen and oxygen atoms in total. The van der Waals surface area contributed by atoms with Crippen LogP contribution in [0.1, 0.15) is 30.1 Å². The second kappa shape index (κ2) is 8.23. The van der Waals surface area contributed by atoms with Gasteiger partial charge < -0.3 is 10.4 Å². The van der Waals surface area contributed by atoms with E-state index in [9.17, 15) is 9.90 Å². The van der Waals surface area contributed by atoms with Crippen LogP contribution in [0.5, 0.6) is 5.75 Å². The Morgan fingerprint density at radius 2 is 2.05 bits per heavy atom. The molecule has 112 valence electrons. The highest BCUT2D eigenvalue weighted by atomic mass is 35.6. The van der Waals surface area contributed by atoms with Crippen molar-refractivity contribution in [2.24, 2.45) is 0 Å². The van der Waals surface area contributed by atoms with E-state index in [2.05, 4.69) is 12.2 Å². The number of rotatable bonds is 6. The maximum Gasteiger partial charge on any atom is 0.256 e. The number of carbonyl (C=O) groups excluding carboxylic acids is 1. The molecule has 1 rings (SSSR count). The monoisotopic (exact) mass is 355 g/mol. The van der Waals surface area contributed by atoms with Gasteiger partial charge in [-0.15, -0.1) is 11.8 Å². The molecule has 0 bridgehead atoms. The third kappa shape index (κ3) is 5.60. The average molecular weight is 357 g/mol. The Kier molecular flexibility index (Phi) is 7.30. The molecule has 0 saturated heterocycles. The summed E-state index contributed by atoms with van der Waals surface area (Å²) in [5, 5.41) is 11.6. The van der Waals surface area contributed by atoms with E-state index in [0.717, 1.165) is 18.6 Å². The lowest BCUT2D eigenvalue weighted by atomic mass is 10.2. The van der Waals surface area contributed by atoms with Crippen LogP contribution < -0.4 is 5.32 Å². The van der Waals surface area contributed by atoms with Gasteiger partial charge in [-0.25, -0.2) is 0 Å². The largest absolute Gasteiger partial charge is 0.507 e. The molecule has 0 saturated carbocycles. The first-order valence-corrected chi connectivity index (χ1v) is 8.31. The van der Waals surface area contributed by atoms with E-state index >= 15 is 0 Å².